The van der Waals surface area contributed by atoms with Gasteiger partial charge in [-0.15, -0.1) is 0 Å². The number of ether oxygens (including phenoxy) is 1. The van der Waals surface area contributed by atoms with Gasteiger partial charge in [-0.05, 0) is 12.1 Å². The molecule has 2 aromatic rings. The molecule has 0 spiro atoms. The van der Waals surface area contributed by atoms with Crippen LogP contribution < -0.4 is 0 Å². The van der Waals surface area contributed by atoms with Crippen molar-refractivity contribution in [3.8, 4) is 0 Å². The van der Waals surface area contributed by atoms with E-state index in [1.165, 1.54) is 7.11 Å². The average Bonchev–Trinajstić information content (AvgIpc) is 2.62. The van der Waals surface area contributed by atoms with Crippen LogP contribution in [0.5, 0.6) is 0 Å². The summed E-state index contributed by atoms with van der Waals surface area (Å²) in [4.78, 5) is 4.20. The predicted octanol–water partition coefficient (Wildman–Crippen LogP) is 1.00. The molecule has 0 fully saturated rings. The molecule has 4 nitrogen and oxygen atoms in total. The van der Waals surface area contributed by atoms with E-state index in [1.807, 2.05) is 28.8 Å². The first-order valence-corrected chi connectivity index (χ1v) is 4.42. The number of aliphatic hydroxyl groups excluding tert-OH is 1. The molecule has 0 aliphatic rings. The van der Waals surface area contributed by atoms with Gasteiger partial charge in [0.25, 0.3) is 0 Å². The van der Waals surface area contributed by atoms with E-state index < -0.39 is 6.29 Å². The van der Waals surface area contributed by atoms with E-state index >= 15 is 0 Å². The number of hydrogen-bond donors (Lipinski definition) is 1. The van der Waals surface area contributed by atoms with Crippen LogP contribution in [0.15, 0.2) is 30.6 Å². The third-order valence-corrected chi connectivity index (χ3v) is 2.15. The number of aromatic nitrogens is 2. The number of fused-ring (bicyclic) bond motifs is 1. The number of para-hydroxylation sites is 2. The molecule has 0 amide bonds. The lowest BCUT2D eigenvalue weighted by molar-refractivity contribution is -0.0828. The summed E-state index contributed by atoms with van der Waals surface area (Å²) in [7, 11) is 1.48. The molecule has 14 heavy (non-hydrogen) atoms. The van der Waals surface area contributed by atoms with Gasteiger partial charge in [-0.3, -0.25) is 0 Å². The van der Waals surface area contributed by atoms with Crippen LogP contribution in [0.4, 0.5) is 0 Å². The fraction of sp³-hybridized carbons (Fsp3) is 0.300. The Morgan fingerprint density at radius 2 is 2.29 bits per heavy atom. The van der Waals surface area contributed by atoms with Crippen LogP contribution in [0.2, 0.25) is 0 Å². The Kier molecular flexibility index (Phi) is 2.47. The van der Waals surface area contributed by atoms with Gasteiger partial charge in [-0.25, -0.2) is 4.98 Å². The van der Waals surface area contributed by atoms with E-state index in [9.17, 15) is 5.11 Å². The summed E-state index contributed by atoms with van der Waals surface area (Å²) in [6.45, 7) is 0.400. The number of nitrogens with zero attached hydrogens (tertiary/aromatic N) is 2. The normalized spacial score (nSPS) is 13.3. The Morgan fingerprint density at radius 1 is 1.50 bits per heavy atom. The van der Waals surface area contributed by atoms with Gasteiger partial charge < -0.3 is 14.4 Å². The molecule has 1 aromatic heterocycles. The molecule has 0 bridgehead atoms. The van der Waals surface area contributed by atoms with E-state index in [1.54, 1.807) is 6.33 Å². The fourth-order valence-corrected chi connectivity index (χ4v) is 1.40. The van der Waals surface area contributed by atoms with Crippen molar-refractivity contribution in [1.82, 2.24) is 9.55 Å². The van der Waals surface area contributed by atoms with Crippen LogP contribution in [0.3, 0.4) is 0 Å². The largest absolute Gasteiger partial charge is 0.366 e. The summed E-state index contributed by atoms with van der Waals surface area (Å²) in [6, 6.07) is 7.78. The summed E-state index contributed by atoms with van der Waals surface area (Å²) in [5.74, 6) is 0. The number of benzene rings is 1. The molecule has 1 atom stereocenters. The van der Waals surface area contributed by atoms with Gasteiger partial charge in [0.15, 0.2) is 6.29 Å². The van der Waals surface area contributed by atoms with Gasteiger partial charge in [-0.1, -0.05) is 12.1 Å². The maximum atomic E-state index is 9.32. The van der Waals surface area contributed by atoms with E-state index in [0.29, 0.717) is 6.54 Å². The summed E-state index contributed by atoms with van der Waals surface area (Å²) in [5.41, 5.74) is 1.93. The van der Waals surface area contributed by atoms with Crippen LogP contribution in [0.1, 0.15) is 0 Å². The smallest absolute Gasteiger partial charge is 0.172 e. The minimum atomic E-state index is -0.785. The highest BCUT2D eigenvalue weighted by Gasteiger charge is 2.05. The third kappa shape index (κ3) is 1.62. The van der Waals surface area contributed by atoms with Crippen LogP contribution in [-0.2, 0) is 11.3 Å². The Hall–Kier alpha value is -1.39. The Balaban J connectivity index is 2.33. The fourth-order valence-electron chi connectivity index (χ4n) is 1.40. The Bertz CT molecular complexity index is 425. The van der Waals surface area contributed by atoms with Gasteiger partial charge in [-0.2, -0.15) is 0 Å². The molecular weight excluding hydrogens is 180 g/mol. The molecule has 1 N–H and O–H groups in total. The first kappa shape index (κ1) is 9.18. The average molecular weight is 192 g/mol. The van der Waals surface area contributed by atoms with Crippen molar-refractivity contribution in [3.63, 3.8) is 0 Å². The minimum Gasteiger partial charge on any atom is -0.366 e. The number of aliphatic hydroxyl groups is 1. The van der Waals surface area contributed by atoms with E-state index in [-0.39, 0.29) is 0 Å². The van der Waals surface area contributed by atoms with Crippen LogP contribution >= 0.6 is 0 Å². The van der Waals surface area contributed by atoms with Crippen LogP contribution in [0.25, 0.3) is 11.0 Å². The Labute approximate surface area is 81.8 Å². The van der Waals surface area contributed by atoms with Gasteiger partial charge >= 0.3 is 0 Å². The zero-order valence-corrected chi connectivity index (χ0v) is 7.92. The highest BCUT2D eigenvalue weighted by atomic mass is 16.6. The van der Waals surface area contributed by atoms with E-state index in [0.717, 1.165) is 11.0 Å². The first-order chi connectivity index (χ1) is 6.81. The highest BCUT2D eigenvalue weighted by molar-refractivity contribution is 5.74. The molecule has 4 heteroatoms. The topological polar surface area (TPSA) is 47.3 Å². The van der Waals surface area contributed by atoms with E-state index in [4.69, 9.17) is 4.74 Å². The van der Waals surface area contributed by atoms with Crippen molar-refractivity contribution >= 4 is 11.0 Å². The lowest BCUT2D eigenvalue weighted by Gasteiger charge is -2.09. The lowest BCUT2D eigenvalue weighted by Crippen LogP contribution is -2.16. The van der Waals surface area contributed by atoms with Gasteiger partial charge in [0.1, 0.15) is 0 Å². The van der Waals surface area contributed by atoms with Crippen LogP contribution in [-0.4, -0.2) is 28.1 Å². The zero-order valence-electron chi connectivity index (χ0n) is 7.92. The summed E-state index contributed by atoms with van der Waals surface area (Å²) >= 11 is 0. The van der Waals surface area contributed by atoms with Crippen molar-refractivity contribution in [3.05, 3.63) is 30.6 Å². The van der Waals surface area contributed by atoms with Crippen LogP contribution in [0, 0.1) is 0 Å². The maximum absolute atomic E-state index is 9.32. The number of imidazole rings is 1. The van der Waals surface area contributed by atoms with Crippen molar-refractivity contribution in [2.45, 2.75) is 12.8 Å². The second-order valence-electron chi connectivity index (χ2n) is 3.08. The second kappa shape index (κ2) is 3.77. The number of hydrogen-bond acceptors (Lipinski definition) is 3. The molecular formula is C10H12N2O2. The summed E-state index contributed by atoms with van der Waals surface area (Å²) in [5, 5.41) is 9.32. The predicted molar refractivity (Wildman–Crippen MR) is 52.7 cm³/mol. The van der Waals surface area contributed by atoms with Gasteiger partial charge in [0.05, 0.1) is 23.9 Å². The third-order valence-electron chi connectivity index (χ3n) is 2.15. The minimum absolute atomic E-state index is 0.400. The van der Waals surface area contributed by atoms with Crippen molar-refractivity contribution in [2.75, 3.05) is 7.11 Å². The molecule has 0 aliphatic carbocycles. The van der Waals surface area contributed by atoms with Crippen molar-refractivity contribution < 1.29 is 9.84 Å². The molecule has 2 rings (SSSR count). The lowest BCUT2D eigenvalue weighted by atomic mass is 10.3. The standard InChI is InChI=1S/C10H12N2O2/c1-14-10(13)6-12-7-11-8-4-2-3-5-9(8)12/h2-5,7,10,13H,6H2,1H3/t10-/m0/s1. The zero-order chi connectivity index (χ0) is 9.97. The number of rotatable bonds is 3. The maximum Gasteiger partial charge on any atom is 0.172 e. The summed E-state index contributed by atoms with van der Waals surface area (Å²) in [6.07, 6.45) is 0.917. The monoisotopic (exact) mass is 192 g/mol. The highest BCUT2D eigenvalue weighted by Crippen LogP contribution is 2.12. The molecule has 1 heterocycles. The van der Waals surface area contributed by atoms with Crippen molar-refractivity contribution in [2.24, 2.45) is 0 Å². The molecule has 0 aliphatic heterocycles. The second-order valence-corrected chi connectivity index (χ2v) is 3.08. The SMILES string of the molecule is CO[C@H](O)Cn1cnc2ccccc21. The quantitative estimate of drug-likeness (QED) is 0.738. The molecule has 1 aromatic carbocycles. The van der Waals surface area contributed by atoms with Gasteiger partial charge in [0.2, 0.25) is 0 Å². The van der Waals surface area contributed by atoms with Gasteiger partial charge in [0, 0.05) is 7.11 Å². The van der Waals surface area contributed by atoms with Crippen molar-refractivity contribution in [1.29, 1.82) is 0 Å². The molecule has 0 saturated carbocycles. The first-order valence-electron chi connectivity index (χ1n) is 4.42. The summed E-state index contributed by atoms with van der Waals surface area (Å²) < 4.78 is 6.64. The Morgan fingerprint density at radius 3 is 3.07 bits per heavy atom. The van der Waals surface area contributed by atoms with E-state index in [2.05, 4.69) is 4.98 Å². The molecule has 0 radical (unpaired) electrons. The number of methoxy groups -OCH3 is 1. The molecule has 0 unspecified atom stereocenters. The molecule has 0 saturated heterocycles. The molecule has 74 valence electrons.